The van der Waals surface area contributed by atoms with Crippen LogP contribution in [0.5, 0.6) is 0 Å². The third-order valence-corrected chi connectivity index (χ3v) is 7.09. The molecule has 0 radical (unpaired) electrons. The molecule has 2 saturated heterocycles. The first kappa shape index (κ1) is 20.2. The van der Waals surface area contributed by atoms with E-state index in [2.05, 4.69) is 15.0 Å². The minimum Gasteiger partial charge on any atom is -0.345 e. The molecule has 0 saturated carbocycles. The Morgan fingerprint density at radius 1 is 1.19 bits per heavy atom. The molecule has 8 heteroatoms. The molecule has 5 rings (SSSR count). The van der Waals surface area contributed by atoms with Crippen molar-refractivity contribution in [1.82, 2.24) is 29.0 Å². The highest BCUT2D eigenvalue weighted by Crippen LogP contribution is 2.31. The molecule has 1 amide bonds. The molecule has 3 aromatic rings. The lowest BCUT2D eigenvalue weighted by Crippen LogP contribution is -2.51. The van der Waals surface area contributed by atoms with Crippen LogP contribution in [0, 0.1) is 5.92 Å². The predicted molar refractivity (Wildman–Crippen MR) is 119 cm³/mol. The van der Waals surface area contributed by atoms with E-state index >= 15 is 0 Å². The number of nitrogens with zero attached hydrogens (tertiary/aromatic N) is 6. The molecule has 2 atom stereocenters. The molecule has 3 aromatic heterocycles. The first-order valence-electron chi connectivity index (χ1n) is 11.4. The van der Waals surface area contributed by atoms with Gasteiger partial charge in [0.25, 0.3) is 5.56 Å². The van der Waals surface area contributed by atoms with E-state index in [1.54, 1.807) is 33.7 Å². The third-order valence-electron chi connectivity index (χ3n) is 7.09. The molecular weight excluding hydrogens is 392 g/mol. The second kappa shape index (κ2) is 8.42. The minimum atomic E-state index is -0.136. The first-order valence-corrected chi connectivity index (χ1v) is 11.4. The van der Waals surface area contributed by atoms with Gasteiger partial charge in [0.2, 0.25) is 5.91 Å². The van der Waals surface area contributed by atoms with E-state index in [4.69, 9.17) is 0 Å². The quantitative estimate of drug-likeness (QED) is 0.630. The maximum absolute atomic E-state index is 12.9. The van der Waals surface area contributed by atoms with Gasteiger partial charge in [-0.3, -0.25) is 9.59 Å². The fraction of sp³-hybridized carbons (Fsp3) is 0.565. The van der Waals surface area contributed by atoms with E-state index in [0.29, 0.717) is 36.0 Å². The summed E-state index contributed by atoms with van der Waals surface area (Å²) >= 11 is 0. The topological polar surface area (TPSA) is 75.7 Å². The van der Waals surface area contributed by atoms with Crippen LogP contribution in [0.3, 0.4) is 0 Å². The average molecular weight is 423 g/mol. The van der Waals surface area contributed by atoms with Crippen LogP contribution >= 0.6 is 0 Å². The molecular formula is C23H30N6O2. The number of piperidine rings is 2. The van der Waals surface area contributed by atoms with Gasteiger partial charge in [0.1, 0.15) is 0 Å². The largest absolute Gasteiger partial charge is 0.345 e. The van der Waals surface area contributed by atoms with Crippen molar-refractivity contribution < 1.29 is 4.79 Å². The fourth-order valence-corrected chi connectivity index (χ4v) is 5.43. The number of hydrogen-bond acceptors (Lipinski definition) is 5. The summed E-state index contributed by atoms with van der Waals surface area (Å²) < 4.78 is 3.27. The number of aryl methyl sites for hydroxylation is 1. The highest BCUT2D eigenvalue weighted by Gasteiger charge is 2.33. The van der Waals surface area contributed by atoms with Crippen LogP contribution in [-0.2, 0) is 11.3 Å². The number of hydrogen-bond donors (Lipinski definition) is 0. The van der Waals surface area contributed by atoms with Crippen LogP contribution in [0.25, 0.3) is 16.6 Å². The van der Waals surface area contributed by atoms with Gasteiger partial charge in [0.05, 0.1) is 17.1 Å². The number of carbonyl (C=O) groups excluding carboxylic acids is 1. The van der Waals surface area contributed by atoms with Gasteiger partial charge in [0.15, 0.2) is 5.65 Å². The lowest BCUT2D eigenvalue weighted by Gasteiger charge is -2.45. The Hall–Kier alpha value is -2.74. The maximum Gasteiger partial charge on any atom is 0.261 e. The van der Waals surface area contributed by atoms with E-state index in [-0.39, 0.29) is 11.5 Å². The second-order valence-corrected chi connectivity index (χ2v) is 9.00. The van der Waals surface area contributed by atoms with E-state index in [1.165, 1.54) is 45.2 Å². The fourth-order valence-electron chi connectivity index (χ4n) is 5.43. The Morgan fingerprint density at radius 3 is 2.97 bits per heavy atom. The number of amides is 1. The monoisotopic (exact) mass is 422 g/mol. The molecule has 0 N–H and O–H groups in total. The summed E-state index contributed by atoms with van der Waals surface area (Å²) in [5.41, 5.74) is 1.30. The maximum atomic E-state index is 12.9. The summed E-state index contributed by atoms with van der Waals surface area (Å²) in [6.07, 6.45) is 11.6. The van der Waals surface area contributed by atoms with E-state index in [0.717, 1.165) is 12.1 Å². The van der Waals surface area contributed by atoms with Crippen molar-refractivity contribution in [2.24, 2.45) is 5.92 Å². The number of rotatable bonds is 5. The summed E-state index contributed by atoms with van der Waals surface area (Å²) in [6.45, 7) is 3.61. The molecule has 2 aliphatic rings. The van der Waals surface area contributed by atoms with Crippen molar-refractivity contribution >= 4 is 22.5 Å². The molecule has 0 aliphatic carbocycles. The number of carbonyl (C=O) groups is 1. The molecule has 0 unspecified atom stereocenters. The van der Waals surface area contributed by atoms with Crippen LogP contribution in [-0.4, -0.2) is 67.6 Å². The van der Waals surface area contributed by atoms with Crippen LogP contribution in [0.4, 0.5) is 0 Å². The number of aromatic nitrogens is 4. The molecule has 31 heavy (non-hydrogen) atoms. The number of pyridine rings is 1. The van der Waals surface area contributed by atoms with Gasteiger partial charge in [-0.1, -0.05) is 6.42 Å². The lowest BCUT2D eigenvalue weighted by molar-refractivity contribution is -0.131. The first-order chi connectivity index (χ1) is 15.1. The Balaban J connectivity index is 1.24. The Labute approximate surface area is 181 Å². The molecule has 2 fully saturated rings. The Kier molecular flexibility index (Phi) is 5.48. The van der Waals surface area contributed by atoms with Crippen LogP contribution < -0.4 is 5.56 Å². The van der Waals surface area contributed by atoms with Gasteiger partial charge in [-0.2, -0.15) is 5.10 Å². The summed E-state index contributed by atoms with van der Waals surface area (Å²) in [5.74, 6) is 0.662. The van der Waals surface area contributed by atoms with Crippen LogP contribution in [0.15, 0.2) is 35.5 Å². The van der Waals surface area contributed by atoms with Gasteiger partial charge in [-0.05, 0) is 50.8 Å². The smallest absolute Gasteiger partial charge is 0.261 e. The van der Waals surface area contributed by atoms with E-state index < -0.39 is 0 Å². The van der Waals surface area contributed by atoms with Crippen molar-refractivity contribution in [3.63, 3.8) is 0 Å². The van der Waals surface area contributed by atoms with Crippen molar-refractivity contribution in [2.45, 2.75) is 51.1 Å². The Bertz CT molecular complexity index is 1150. The van der Waals surface area contributed by atoms with Gasteiger partial charge in [-0.25, -0.2) is 9.50 Å². The summed E-state index contributed by atoms with van der Waals surface area (Å²) in [6, 6.07) is 4.30. The molecule has 5 heterocycles. The lowest BCUT2D eigenvalue weighted by atomic mass is 9.83. The molecule has 0 aromatic carbocycles. The molecule has 0 spiro atoms. The normalized spacial score (nSPS) is 22.0. The SMILES string of the molecule is CN(C[C@@H]1CCCN2CCCC[C@H]12)C(=O)CCn1ccc2c(cnc3ccnn32)c1=O. The zero-order valence-electron chi connectivity index (χ0n) is 18.1. The second-order valence-electron chi connectivity index (χ2n) is 9.00. The highest BCUT2D eigenvalue weighted by atomic mass is 16.2. The van der Waals surface area contributed by atoms with Crippen molar-refractivity contribution in [1.29, 1.82) is 0 Å². The van der Waals surface area contributed by atoms with Crippen LogP contribution in [0.2, 0.25) is 0 Å². The molecule has 8 nitrogen and oxygen atoms in total. The average Bonchev–Trinajstić information content (AvgIpc) is 3.28. The standard InChI is InChI=1S/C23H30N6O2/c1-26(16-17-5-4-12-27-11-3-2-6-19(17)27)22(30)9-14-28-13-8-20-18(23(28)31)15-24-21-7-10-25-29(20)21/h7-8,10,13,15,17,19H,2-6,9,11-12,14,16H2,1H3/t17-,19+/m0/s1. The van der Waals surface area contributed by atoms with Gasteiger partial charge < -0.3 is 14.4 Å². The third kappa shape index (κ3) is 3.84. The van der Waals surface area contributed by atoms with Gasteiger partial charge >= 0.3 is 0 Å². The predicted octanol–water partition coefficient (Wildman–Crippen LogP) is 2.16. The Morgan fingerprint density at radius 2 is 2.06 bits per heavy atom. The zero-order valence-corrected chi connectivity index (χ0v) is 18.1. The van der Waals surface area contributed by atoms with Crippen molar-refractivity contribution in [3.8, 4) is 0 Å². The van der Waals surface area contributed by atoms with E-state index in [1.807, 2.05) is 18.0 Å². The minimum absolute atomic E-state index is 0.0978. The highest BCUT2D eigenvalue weighted by molar-refractivity contribution is 5.79. The van der Waals surface area contributed by atoms with Crippen LogP contribution in [0.1, 0.15) is 38.5 Å². The molecule has 0 bridgehead atoms. The van der Waals surface area contributed by atoms with E-state index in [9.17, 15) is 9.59 Å². The summed E-state index contributed by atoms with van der Waals surface area (Å²) in [7, 11) is 1.91. The molecule has 164 valence electrons. The zero-order chi connectivity index (χ0) is 21.4. The van der Waals surface area contributed by atoms with Gasteiger partial charge in [0, 0.05) is 51.1 Å². The van der Waals surface area contributed by atoms with Gasteiger partial charge in [-0.15, -0.1) is 0 Å². The number of fused-ring (bicyclic) bond motifs is 4. The molecule has 2 aliphatic heterocycles. The summed E-state index contributed by atoms with van der Waals surface area (Å²) in [4.78, 5) is 34.6. The van der Waals surface area contributed by atoms with Crippen molar-refractivity contribution in [3.05, 3.63) is 41.1 Å². The summed E-state index contributed by atoms with van der Waals surface area (Å²) in [5, 5.41) is 4.75. The van der Waals surface area contributed by atoms with Crippen molar-refractivity contribution in [2.75, 3.05) is 26.7 Å².